The second-order valence-corrected chi connectivity index (χ2v) is 4.44. The Balaban J connectivity index is 3.01. The molecule has 2 nitrogen and oxygen atoms in total. The molecule has 0 fully saturated rings. The zero-order valence-electron chi connectivity index (χ0n) is 9.79. The van der Waals surface area contributed by atoms with Crippen LogP contribution in [0, 0.1) is 0 Å². The molecule has 1 N–H and O–H groups in total. The lowest BCUT2D eigenvalue weighted by atomic mass is 10.0. The molecule has 0 bridgehead atoms. The molecule has 1 atom stereocenters. The molecule has 0 aliphatic heterocycles. The number of benzene rings is 1. The fourth-order valence-corrected chi connectivity index (χ4v) is 2.05. The van der Waals surface area contributed by atoms with E-state index in [0.29, 0.717) is 0 Å². The molecule has 3 heteroatoms. The third-order valence-corrected chi connectivity index (χ3v) is 2.92. The van der Waals surface area contributed by atoms with Gasteiger partial charge in [-0.15, -0.1) is 6.58 Å². The summed E-state index contributed by atoms with van der Waals surface area (Å²) in [7, 11) is 1.70. The molecule has 0 saturated heterocycles. The average Bonchev–Trinajstić information content (AvgIpc) is 2.28. The van der Waals surface area contributed by atoms with E-state index in [2.05, 4.69) is 40.8 Å². The Morgan fingerprint density at radius 1 is 1.56 bits per heavy atom. The predicted octanol–water partition coefficient (Wildman–Crippen LogP) is 3.68. The van der Waals surface area contributed by atoms with Gasteiger partial charge >= 0.3 is 0 Å². The quantitative estimate of drug-likeness (QED) is 0.804. The molecule has 1 aromatic rings. The van der Waals surface area contributed by atoms with Crippen LogP contribution < -0.4 is 10.1 Å². The summed E-state index contributed by atoms with van der Waals surface area (Å²) in [5.41, 5.74) is 1.17. The van der Waals surface area contributed by atoms with Crippen molar-refractivity contribution in [3.05, 3.63) is 40.9 Å². The molecular formula is C13H18BrNO. The summed E-state index contributed by atoms with van der Waals surface area (Å²) in [5.74, 6) is 0.905. The largest absolute Gasteiger partial charge is 0.496 e. The molecule has 0 aromatic heterocycles. The van der Waals surface area contributed by atoms with Crippen molar-refractivity contribution >= 4 is 15.9 Å². The number of halogens is 1. The Bertz CT molecular complexity index is 352. The first kappa shape index (κ1) is 13.3. The van der Waals surface area contributed by atoms with Gasteiger partial charge in [-0.25, -0.2) is 0 Å². The molecule has 1 rings (SSSR count). The number of hydrogen-bond acceptors (Lipinski definition) is 2. The van der Waals surface area contributed by atoms with Crippen LogP contribution in [-0.2, 0) is 0 Å². The third kappa shape index (κ3) is 3.35. The van der Waals surface area contributed by atoms with Crippen LogP contribution in [0.15, 0.2) is 35.3 Å². The Kier molecular flexibility index (Phi) is 5.56. The third-order valence-electron chi connectivity index (χ3n) is 2.42. The van der Waals surface area contributed by atoms with Gasteiger partial charge in [-0.3, -0.25) is 0 Å². The molecule has 88 valence electrons. The normalized spacial score (nSPS) is 12.2. The second-order valence-electron chi connectivity index (χ2n) is 3.52. The summed E-state index contributed by atoms with van der Waals surface area (Å²) < 4.78 is 6.43. The summed E-state index contributed by atoms with van der Waals surface area (Å²) in [6.45, 7) is 6.82. The number of rotatable bonds is 6. The monoisotopic (exact) mass is 283 g/mol. The highest BCUT2D eigenvalue weighted by Crippen LogP contribution is 2.30. The Hall–Kier alpha value is -0.800. The Labute approximate surface area is 106 Å². The molecule has 16 heavy (non-hydrogen) atoms. The van der Waals surface area contributed by atoms with E-state index in [1.807, 2.05) is 18.2 Å². The molecule has 0 spiro atoms. The number of methoxy groups -OCH3 is 1. The molecule has 0 radical (unpaired) electrons. The van der Waals surface area contributed by atoms with Gasteiger partial charge in [0.05, 0.1) is 7.11 Å². The van der Waals surface area contributed by atoms with Crippen LogP contribution in [0.1, 0.15) is 24.9 Å². The van der Waals surface area contributed by atoms with Crippen molar-refractivity contribution in [2.24, 2.45) is 0 Å². The van der Waals surface area contributed by atoms with Crippen LogP contribution in [0.4, 0.5) is 0 Å². The molecule has 1 aromatic carbocycles. The fraction of sp³-hybridized carbons (Fsp3) is 0.385. The highest BCUT2D eigenvalue weighted by Gasteiger charge is 2.13. The number of ether oxygens (including phenoxy) is 1. The van der Waals surface area contributed by atoms with Gasteiger partial charge in [-0.2, -0.15) is 0 Å². The SMILES string of the molecule is C=CCC(NCC)c1ccc(Br)cc1OC. The smallest absolute Gasteiger partial charge is 0.124 e. The van der Waals surface area contributed by atoms with Gasteiger partial charge in [0.15, 0.2) is 0 Å². The summed E-state index contributed by atoms with van der Waals surface area (Å²) in [6.07, 6.45) is 2.82. The van der Waals surface area contributed by atoms with Gasteiger partial charge in [0.25, 0.3) is 0 Å². The summed E-state index contributed by atoms with van der Waals surface area (Å²) >= 11 is 3.44. The van der Waals surface area contributed by atoms with Gasteiger partial charge < -0.3 is 10.1 Å². The van der Waals surface area contributed by atoms with E-state index in [1.165, 1.54) is 5.56 Å². The van der Waals surface area contributed by atoms with E-state index in [1.54, 1.807) is 7.11 Å². The van der Waals surface area contributed by atoms with Gasteiger partial charge in [0.2, 0.25) is 0 Å². The number of nitrogens with one attached hydrogen (secondary N) is 1. The minimum atomic E-state index is 0.269. The molecule has 0 saturated carbocycles. The van der Waals surface area contributed by atoms with Crippen LogP contribution in [-0.4, -0.2) is 13.7 Å². The average molecular weight is 284 g/mol. The van der Waals surface area contributed by atoms with Crippen LogP contribution in [0.2, 0.25) is 0 Å². The maximum Gasteiger partial charge on any atom is 0.124 e. The lowest BCUT2D eigenvalue weighted by Gasteiger charge is -2.19. The van der Waals surface area contributed by atoms with E-state index < -0.39 is 0 Å². The highest BCUT2D eigenvalue weighted by molar-refractivity contribution is 9.10. The number of hydrogen-bond donors (Lipinski definition) is 1. The minimum absolute atomic E-state index is 0.269. The predicted molar refractivity (Wildman–Crippen MR) is 71.9 cm³/mol. The van der Waals surface area contributed by atoms with Crippen molar-refractivity contribution < 1.29 is 4.74 Å². The van der Waals surface area contributed by atoms with Crippen molar-refractivity contribution in [2.75, 3.05) is 13.7 Å². The van der Waals surface area contributed by atoms with Gasteiger partial charge in [-0.1, -0.05) is 35.0 Å². The van der Waals surface area contributed by atoms with Crippen molar-refractivity contribution in [3.8, 4) is 5.75 Å². The van der Waals surface area contributed by atoms with E-state index in [0.717, 1.165) is 23.2 Å². The molecule has 0 aliphatic rings. The fourth-order valence-electron chi connectivity index (χ4n) is 1.71. The maximum atomic E-state index is 5.40. The lowest BCUT2D eigenvalue weighted by molar-refractivity contribution is 0.399. The lowest BCUT2D eigenvalue weighted by Crippen LogP contribution is -2.20. The van der Waals surface area contributed by atoms with Gasteiger partial charge in [0, 0.05) is 16.1 Å². The van der Waals surface area contributed by atoms with Gasteiger partial charge in [0.1, 0.15) is 5.75 Å². The first-order valence-electron chi connectivity index (χ1n) is 5.40. The second kappa shape index (κ2) is 6.71. The summed E-state index contributed by atoms with van der Waals surface area (Å²) in [6, 6.07) is 6.37. The van der Waals surface area contributed by atoms with Crippen molar-refractivity contribution in [1.29, 1.82) is 0 Å². The summed E-state index contributed by atoms with van der Waals surface area (Å²) in [5, 5.41) is 3.43. The molecule has 0 amide bonds. The van der Waals surface area contributed by atoms with Crippen molar-refractivity contribution in [3.63, 3.8) is 0 Å². The molecule has 1 unspecified atom stereocenters. The van der Waals surface area contributed by atoms with Crippen molar-refractivity contribution in [2.45, 2.75) is 19.4 Å². The standard InChI is InChI=1S/C13H18BrNO/c1-4-6-12(15-5-2)11-8-7-10(14)9-13(11)16-3/h4,7-9,12,15H,1,5-6H2,2-3H3. The van der Waals surface area contributed by atoms with Crippen LogP contribution >= 0.6 is 15.9 Å². The van der Waals surface area contributed by atoms with E-state index in [9.17, 15) is 0 Å². The summed E-state index contributed by atoms with van der Waals surface area (Å²) in [4.78, 5) is 0. The van der Waals surface area contributed by atoms with Crippen LogP contribution in [0.5, 0.6) is 5.75 Å². The topological polar surface area (TPSA) is 21.3 Å². The molecule has 0 heterocycles. The molecular weight excluding hydrogens is 266 g/mol. The van der Waals surface area contributed by atoms with E-state index >= 15 is 0 Å². The molecule has 0 aliphatic carbocycles. The maximum absolute atomic E-state index is 5.40. The van der Waals surface area contributed by atoms with Crippen LogP contribution in [0.3, 0.4) is 0 Å². The van der Waals surface area contributed by atoms with Crippen LogP contribution in [0.25, 0.3) is 0 Å². The minimum Gasteiger partial charge on any atom is -0.496 e. The zero-order chi connectivity index (χ0) is 12.0. The first-order valence-corrected chi connectivity index (χ1v) is 6.20. The van der Waals surface area contributed by atoms with Crippen molar-refractivity contribution in [1.82, 2.24) is 5.32 Å². The Morgan fingerprint density at radius 3 is 2.88 bits per heavy atom. The van der Waals surface area contributed by atoms with Gasteiger partial charge in [-0.05, 0) is 25.1 Å². The Morgan fingerprint density at radius 2 is 2.31 bits per heavy atom. The zero-order valence-corrected chi connectivity index (χ0v) is 11.4. The van der Waals surface area contributed by atoms with E-state index in [-0.39, 0.29) is 6.04 Å². The first-order chi connectivity index (χ1) is 7.72. The van der Waals surface area contributed by atoms with E-state index in [4.69, 9.17) is 4.74 Å². The highest BCUT2D eigenvalue weighted by atomic mass is 79.9.